The quantitative estimate of drug-likeness (QED) is 0.182. The number of thioether (sulfide) groups is 1. The molecule has 0 bridgehead atoms. The van der Waals surface area contributed by atoms with Crippen molar-refractivity contribution >= 4 is 11.8 Å². The summed E-state index contributed by atoms with van der Waals surface area (Å²) < 4.78 is 12.1. The Hall–Kier alpha value is -1.29. The molecule has 4 rings (SSSR count). The lowest BCUT2D eigenvalue weighted by atomic mass is 9.87. The zero-order valence-electron chi connectivity index (χ0n) is 23.0. The van der Waals surface area contributed by atoms with Crippen LogP contribution >= 0.6 is 11.8 Å². The fourth-order valence-corrected chi connectivity index (χ4v) is 7.34. The van der Waals surface area contributed by atoms with Gasteiger partial charge in [0.1, 0.15) is 0 Å². The number of ether oxygens (including phenoxy) is 2. The van der Waals surface area contributed by atoms with E-state index in [2.05, 4.69) is 72.4 Å². The van der Waals surface area contributed by atoms with E-state index >= 15 is 0 Å². The maximum absolute atomic E-state index is 6.07. The van der Waals surface area contributed by atoms with Gasteiger partial charge in [0.05, 0.1) is 12.2 Å². The molecule has 37 heavy (non-hydrogen) atoms. The van der Waals surface area contributed by atoms with Crippen molar-refractivity contribution in [2.24, 2.45) is 0 Å². The van der Waals surface area contributed by atoms with Gasteiger partial charge in [0.15, 0.2) is 0 Å². The number of hydrogen-bond donors (Lipinski definition) is 0. The molecular weight excluding hydrogens is 472 g/mol. The van der Waals surface area contributed by atoms with E-state index < -0.39 is 0 Å². The van der Waals surface area contributed by atoms with Crippen molar-refractivity contribution in [3.05, 3.63) is 71.8 Å². The molecule has 3 heteroatoms. The minimum absolute atomic E-state index is 0.443. The fraction of sp³-hybridized carbons (Fsp3) is 0.647. The smallest absolute Gasteiger partial charge is 0.0644 e. The fourth-order valence-electron chi connectivity index (χ4n) is 6.32. The molecule has 0 saturated carbocycles. The van der Waals surface area contributed by atoms with Gasteiger partial charge in [-0.3, -0.25) is 0 Å². The molecule has 0 aromatic heterocycles. The van der Waals surface area contributed by atoms with Crippen LogP contribution in [0.4, 0.5) is 0 Å². The van der Waals surface area contributed by atoms with Crippen molar-refractivity contribution in [2.45, 2.75) is 114 Å². The third-order valence-electron chi connectivity index (χ3n) is 8.39. The summed E-state index contributed by atoms with van der Waals surface area (Å²) in [5.74, 6) is 3.85. The Labute approximate surface area is 231 Å². The zero-order valence-corrected chi connectivity index (χ0v) is 23.9. The van der Waals surface area contributed by atoms with Crippen LogP contribution < -0.4 is 0 Å². The highest BCUT2D eigenvalue weighted by Crippen LogP contribution is 2.34. The van der Waals surface area contributed by atoms with Crippen LogP contribution in [0.1, 0.15) is 113 Å². The van der Waals surface area contributed by atoms with Gasteiger partial charge in [0, 0.05) is 25.0 Å². The Morgan fingerprint density at radius 1 is 0.568 bits per heavy atom. The van der Waals surface area contributed by atoms with Gasteiger partial charge in [-0.2, -0.15) is 11.8 Å². The molecule has 2 nitrogen and oxygen atoms in total. The van der Waals surface area contributed by atoms with Crippen LogP contribution in [0.3, 0.4) is 0 Å². The monoisotopic (exact) mass is 522 g/mol. The molecule has 0 spiro atoms. The highest BCUT2D eigenvalue weighted by molar-refractivity contribution is 7.99. The summed E-state index contributed by atoms with van der Waals surface area (Å²) in [6, 6.07) is 22.2. The Morgan fingerprint density at radius 3 is 1.41 bits per heavy atom. The molecule has 0 aliphatic carbocycles. The lowest BCUT2D eigenvalue weighted by molar-refractivity contribution is 0.0849. The minimum atomic E-state index is 0.443. The summed E-state index contributed by atoms with van der Waals surface area (Å²) in [5, 5.41) is 0. The van der Waals surface area contributed by atoms with Crippen LogP contribution in [0.15, 0.2) is 60.7 Å². The number of unbranched alkanes of at least 4 members (excludes halogenated alkanes) is 6. The van der Waals surface area contributed by atoms with Gasteiger partial charge in [-0.25, -0.2) is 0 Å². The van der Waals surface area contributed by atoms with Gasteiger partial charge in [0.2, 0.25) is 0 Å². The molecule has 2 saturated heterocycles. The maximum Gasteiger partial charge on any atom is 0.0644 e. The van der Waals surface area contributed by atoms with Gasteiger partial charge >= 0.3 is 0 Å². The minimum Gasteiger partial charge on any atom is -0.378 e. The second kappa shape index (κ2) is 17.3. The van der Waals surface area contributed by atoms with E-state index in [0.717, 1.165) is 13.2 Å². The highest BCUT2D eigenvalue weighted by atomic mass is 32.2. The van der Waals surface area contributed by atoms with Crippen molar-refractivity contribution in [1.29, 1.82) is 0 Å². The normalized spacial score (nSPS) is 21.3. The van der Waals surface area contributed by atoms with Crippen LogP contribution in [0.5, 0.6) is 0 Å². The highest BCUT2D eigenvalue weighted by Gasteiger charge is 2.27. The van der Waals surface area contributed by atoms with Crippen molar-refractivity contribution in [1.82, 2.24) is 0 Å². The Balaban J connectivity index is 0.996. The van der Waals surface area contributed by atoms with Crippen molar-refractivity contribution in [2.75, 3.05) is 24.7 Å². The zero-order chi connectivity index (χ0) is 25.4. The predicted octanol–water partition coefficient (Wildman–Crippen LogP) is 9.55. The van der Waals surface area contributed by atoms with E-state index in [1.54, 1.807) is 0 Å². The summed E-state index contributed by atoms with van der Waals surface area (Å²) >= 11 is 2.18. The number of benzene rings is 2. The van der Waals surface area contributed by atoms with Gasteiger partial charge < -0.3 is 9.47 Å². The molecule has 204 valence electrons. The Morgan fingerprint density at radius 2 is 1.00 bits per heavy atom. The number of hydrogen-bond acceptors (Lipinski definition) is 3. The van der Waals surface area contributed by atoms with E-state index in [4.69, 9.17) is 9.47 Å². The SMILES string of the molecule is c1ccc(C(CCCCCCSCCCCCCC(c2ccccc2)C2CCCO2)C2CCCO2)cc1. The van der Waals surface area contributed by atoms with Gasteiger partial charge in [-0.15, -0.1) is 0 Å². The van der Waals surface area contributed by atoms with E-state index in [1.165, 1.54) is 113 Å². The number of rotatable bonds is 18. The van der Waals surface area contributed by atoms with Crippen LogP contribution in [0.2, 0.25) is 0 Å². The first kappa shape index (κ1) is 28.7. The van der Waals surface area contributed by atoms with Crippen LogP contribution in [-0.2, 0) is 9.47 Å². The molecule has 4 atom stereocenters. The molecule has 0 radical (unpaired) electrons. The van der Waals surface area contributed by atoms with Crippen molar-refractivity contribution in [3.63, 3.8) is 0 Å². The van der Waals surface area contributed by atoms with Gasteiger partial charge in [0.25, 0.3) is 0 Å². The van der Waals surface area contributed by atoms with E-state index in [0.29, 0.717) is 24.0 Å². The molecule has 4 unspecified atom stereocenters. The van der Waals surface area contributed by atoms with Crippen LogP contribution in [0, 0.1) is 0 Å². The van der Waals surface area contributed by atoms with Crippen molar-refractivity contribution < 1.29 is 9.47 Å². The molecule has 0 N–H and O–H groups in total. The molecule has 2 fully saturated rings. The molecule has 2 aliphatic heterocycles. The second-order valence-electron chi connectivity index (χ2n) is 11.2. The first-order valence-corrected chi connectivity index (χ1v) is 16.5. The average Bonchev–Trinajstić information content (AvgIpc) is 3.67. The van der Waals surface area contributed by atoms with Crippen molar-refractivity contribution in [3.8, 4) is 0 Å². The van der Waals surface area contributed by atoms with Crippen LogP contribution in [0.25, 0.3) is 0 Å². The Kier molecular flexibility index (Phi) is 13.4. The summed E-state index contributed by atoms with van der Waals surface area (Å²) in [6.07, 6.45) is 19.3. The van der Waals surface area contributed by atoms with Gasteiger partial charge in [-0.05, 0) is 74.0 Å². The molecule has 2 aromatic carbocycles. The molecular formula is C34H50O2S. The molecule has 2 aromatic rings. The van der Waals surface area contributed by atoms with E-state index in [9.17, 15) is 0 Å². The summed E-state index contributed by atoms with van der Waals surface area (Å²) in [7, 11) is 0. The lowest BCUT2D eigenvalue weighted by Gasteiger charge is -2.23. The first-order chi connectivity index (χ1) is 18.4. The topological polar surface area (TPSA) is 18.5 Å². The summed E-state index contributed by atoms with van der Waals surface area (Å²) in [6.45, 7) is 1.91. The van der Waals surface area contributed by atoms with Crippen LogP contribution in [-0.4, -0.2) is 36.9 Å². The molecule has 2 aliphatic rings. The standard InChI is InChI=1S/C34H50O2S/c1(11-21-31(33-23-15-25-35-33)29-17-7-5-8-18-29)3-13-27-37-28-14-4-2-12-22-32(34-24-16-26-36-34)30-19-9-6-10-20-30/h5-10,17-20,31-34H,1-4,11-16,21-28H2. The summed E-state index contributed by atoms with van der Waals surface area (Å²) in [4.78, 5) is 0. The molecule has 2 heterocycles. The summed E-state index contributed by atoms with van der Waals surface area (Å²) in [5.41, 5.74) is 2.96. The molecule has 0 amide bonds. The maximum atomic E-state index is 6.07. The second-order valence-corrected chi connectivity index (χ2v) is 12.4. The Bertz CT molecular complexity index is 745. The third-order valence-corrected chi connectivity index (χ3v) is 9.55. The lowest BCUT2D eigenvalue weighted by Crippen LogP contribution is -2.17. The predicted molar refractivity (Wildman–Crippen MR) is 160 cm³/mol. The first-order valence-electron chi connectivity index (χ1n) is 15.3. The largest absolute Gasteiger partial charge is 0.378 e. The average molecular weight is 523 g/mol. The van der Waals surface area contributed by atoms with Gasteiger partial charge in [-0.1, -0.05) is 99.2 Å². The van der Waals surface area contributed by atoms with E-state index in [-0.39, 0.29) is 0 Å². The third kappa shape index (κ3) is 10.1. The van der Waals surface area contributed by atoms with E-state index in [1.807, 2.05) is 0 Å².